The molecule has 1 heterocycles. The molecule has 2 aromatic rings. The second kappa shape index (κ2) is 19.7. The van der Waals surface area contributed by atoms with Gasteiger partial charge in [-0.15, -0.1) is 4.91 Å². The lowest BCUT2D eigenvalue weighted by Crippen LogP contribution is -2.36. The van der Waals surface area contributed by atoms with Crippen molar-refractivity contribution in [2.24, 2.45) is 34.4 Å². The van der Waals surface area contributed by atoms with Gasteiger partial charge in [-0.05, 0) is 117 Å². The molecule has 5 rings (SSSR count). The molecule has 0 aromatic heterocycles. The minimum absolute atomic E-state index is 0.112. The molecule has 0 spiro atoms. The third-order valence-electron chi connectivity index (χ3n) is 7.63. The molecule has 0 radical (unpaired) electrons. The van der Waals surface area contributed by atoms with Crippen LogP contribution in [0.2, 0.25) is 0 Å². The van der Waals surface area contributed by atoms with E-state index in [4.69, 9.17) is 28.0 Å². The van der Waals surface area contributed by atoms with E-state index in [1.807, 2.05) is 58.9 Å². The quantitative estimate of drug-likeness (QED) is 0.113. The number of anilines is 3. The van der Waals surface area contributed by atoms with E-state index >= 15 is 0 Å². The van der Waals surface area contributed by atoms with Crippen molar-refractivity contribution in [2.75, 3.05) is 23.8 Å². The summed E-state index contributed by atoms with van der Waals surface area (Å²) in [5, 5.41) is 20.8. The van der Waals surface area contributed by atoms with Crippen LogP contribution in [0, 0.1) is 33.5 Å². The van der Waals surface area contributed by atoms with E-state index in [-0.39, 0.29) is 6.04 Å². The van der Waals surface area contributed by atoms with E-state index in [9.17, 15) is 4.91 Å². The van der Waals surface area contributed by atoms with Gasteiger partial charge in [-0.25, -0.2) is 0 Å². The van der Waals surface area contributed by atoms with Gasteiger partial charge in [0.2, 0.25) is 0 Å². The monoisotopic (exact) mass is 568 g/mol. The Balaban J connectivity index is 0.000000982. The van der Waals surface area contributed by atoms with Gasteiger partial charge in [0, 0.05) is 29.2 Å². The van der Waals surface area contributed by atoms with Crippen LogP contribution < -0.4 is 28.3 Å². The standard InChI is InChI=1S/C21H23N5O.C4H11N.C2H5N.2C2H6.CH5N/c22-9-13-14(23)5-6-16-20(13)18-10-1-2-11(7-10)19(18)21(25-16)12-3-4-15(24)17(8-12)26-27;1-3-4(2)5;1-2-3;3*1-2/h3-6,8-11,18-19,21-22,25H,1-2,7,23-24H2;4H,3,5H2,1-2H3;2-3H,1H3;2*1-2H3;2H2,1H3. The predicted octanol–water partition coefficient (Wildman–Crippen LogP) is 7.57. The Bertz CT molecular complexity index is 1070. The highest BCUT2D eigenvalue weighted by Crippen LogP contribution is 2.64. The van der Waals surface area contributed by atoms with Crippen LogP contribution in [0.5, 0.6) is 0 Å². The van der Waals surface area contributed by atoms with Gasteiger partial charge in [-0.2, -0.15) is 0 Å². The normalized spacial score (nSPS) is 22.5. The number of hydrogen-bond acceptors (Lipinski definition) is 9. The van der Waals surface area contributed by atoms with Crippen molar-refractivity contribution in [3.05, 3.63) is 51.9 Å². The topological polar surface area (TPSA) is 193 Å². The van der Waals surface area contributed by atoms with E-state index in [1.54, 1.807) is 13.0 Å². The van der Waals surface area contributed by atoms with Crippen molar-refractivity contribution in [2.45, 2.75) is 92.2 Å². The number of nitrogen functional groups attached to an aromatic ring is 2. The minimum Gasteiger partial charge on any atom is -0.398 e. The van der Waals surface area contributed by atoms with Gasteiger partial charge in [0.25, 0.3) is 0 Å². The van der Waals surface area contributed by atoms with Gasteiger partial charge >= 0.3 is 0 Å². The first kappa shape index (κ1) is 37.7. The first-order valence-corrected chi connectivity index (χ1v) is 15.0. The Morgan fingerprint density at radius 1 is 1.02 bits per heavy atom. The lowest BCUT2D eigenvalue weighted by molar-refractivity contribution is 0.247. The molecule has 1 aliphatic heterocycles. The van der Waals surface area contributed by atoms with E-state index < -0.39 is 0 Å². The van der Waals surface area contributed by atoms with Crippen molar-refractivity contribution in [3.8, 4) is 0 Å². The van der Waals surface area contributed by atoms with Crippen LogP contribution >= 0.6 is 0 Å². The first-order chi connectivity index (χ1) is 19.8. The summed E-state index contributed by atoms with van der Waals surface area (Å²) in [6.45, 7) is 13.7. The molecule has 9 heteroatoms. The zero-order valence-corrected chi connectivity index (χ0v) is 26.5. The van der Waals surface area contributed by atoms with Gasteiger partial charge in [-0.1, -0.05) is 40.7 Å². The molecule has 6 unspecified atom stereocenters. The summed E-state index contributed by atoms with van der Waals surface area (Å²) in [6, 6.07) is 10.0. The zero-order valence-electron chi connectivity index (χ0n) is 26.5. The summed E-state index contributed by atoms with van der Waals surface area (Å²) >= 11 is 0. The number of rotatable bonds is 4. The Hall–Kier alpha value is -3.30. The van der Waals surface area contributed by atoms with Crippen LogP contribution in [-0.2, 0) is 0 Å². The van der Waals surface area contributed by atoms with Gasteiger partial charge < -0.3 is 39.1 Å². The summed E-state index contributed by atoms with van der Waals surface area (Å²) in [6.07, 6.45) is 7.45. The van der Waals surface area contributed by atoms with E-state index in [1.165, 1.54) is 44.3 Å². The number of hydrogen-bond donors (Lipinski definition) is 7. The molecule has 2 aliphatic carbocycles. The fraction of sp³-hybridized carbons (Fsp3) is 0.562. The highest BCUT2D eigenvalue weighted by Gasteiger charge is 2.54. The molecule has 3 aliphatic rings. The fourth-order valence-electron chi connectivity index (χ4n) is 5.95. The van der Waals surface area contributed by atoms with Crippen molar-refractivity contribution < 1.29 is 0 Å². The summed E-state index contributed by atoms with van der Waals surface area (Å²) in [4.78, 5) is 11.1. The number of fused-ring (bicyclic) bond motifs is 7. The van der Waals surface area contributed by atoms with Gasteiger partial charge in [0.15, 0.2) is 0 Å². The lowest BCUT2D eigenvalue weighted by Gasteiger charge is -2.44. The maximum absolute atomic E-state index is 11.1. The lowest BCUT2D eigenvalue weighted by atomic mass is 9.67. The molecule has 0 amide bonds. The second-order valence-electron chi connectivity index (χ2n) is 9.82. The summed E-state index contributed by atoms with van der Waals surface area (Å²) < 4.78 is 0. The van der Waals surface area contributed by atoms with E-state index in [2.05, 4.69) is 23.2 Å². The van der Waals surface area contributed by atoms with Crippen LogP contribution in [0.4, 0.5) is 22.7 Å². The molecule has 0 saturated heterocycles. The van der Waals surface area contributed by atoms with E-state index in [0.717, 1.165) is 23.2 Å². The van der Waals surface area contributed by atoms with Crippen LogP contribution in [0.15, 0.2) is 35.5 Å². The van der Waals surface area contributed by atoms with Gasteiger partial charge in [-0.3, -0.25) is 0 Å². The van der Waals surface area contributed by atoms with Crippen LogP contribution in [0.25, 0.3) is 0 Å². The van der Waals surface area contributed by atoms with Crippen molar-refractivity contribution in [1.29, 1.82) is 10.8 Å². The van der Waals surface area contributed by atoms with Crippen molar-refractivity contribution >= 4 is 35.2 Å². The Labute approximate surface area is 248 Å². The number of nitrogens with zero attached hydrogens (tertiary/aromatic N) is 1. The average Bonchev–Trinajstić information content (AvgIpc) is 3.64. The van der Waals surface area contributed by atoms with Crippen molar-refractivity contribution in [1.82, 2.24) is 0 Å². The van der Waals surface area contributed by atoms with Gasteiger partial charge in [0.1, 0.15) is 5.69 Å². The molecule has 2 fully saturated rings. The smallest absolute Gasteiger partial charge is 0.131 e. The first-order valence-electron chi connectivity index (χ1n) is 15.0. The third-order valence-corrected chi connectivity index (χ3v) is 7.63. The molecule has 6 atom stereocenters. The highest BCUT2D eigenvalue weighted by atomic mass is 16.3. The highest BCUT2D eigenvalue weighted by molar-refractivity contribution is 5.91. The van der Waals surface area contributed by atoms with Crippen molar-refractivity contribution in [3.63, 3.8) is 0 Å². The predicted molar refractivity (Wildman–Crippen MR) is 180 cm³/mol. The average molecular weight is 569 g/mol. The molecule has 9 nitrogen and oxygen atoms in total. The molecule has 2 bridgehead atoms. The van der Waals surface area contributed by atoms with Gasteiger partial charge in [0.05, 0.1) is 11.7 Å². The summed E-state index contributed by atoms with van der Waals surface area (Å²) in [7, 11) is 1.50. The molecular formula is C32H56N8O. The number of nitroso groups, excluding NO2 is 1. The molecule has 11 N–H and O–H groups in total. The Morgan fingerprint density at radius 3 is 2.07 bits per heavy atom. The Morgan fingerprint density at radius 2 is 1.56 bits per heavy atom. The van der Waals surface area contributed by atoms with E-state index in [0.29, 0.717) is 46.8 Å². The fourth-order valence-corrected chi connectivity index (χ4v) is 5.95. The minimum atomic E-state index is 0.112. The molecule has 41 heavy (non-hydrogen) atoms. The number of benzene rings is 2. The number of nitrogens with one attached hydrogen (secondary N) is 3. The SMILES string of the molecule is CC.CC.CC=N.CCC(C)N.CN.N=Cc1c(N)ccc2c1C1C3CCC(C3)C1C(c1ccc(N)c(N=O)c1)N2. The van der Waals surface area contributed by atoms with Crippen LogP contribution in [-0.4, -0.2) is 25.5 Å². The molecule has 230 valence electrons. The molecular weight excluding hydrogens is 512 g/mol. The maximum Gasteiger partial charge on any atom is 0.131 e. The summed E-state index contributed by atoms with van der Waals surface area (Å²) in [5.74, 6) is 2.12. The Kier molecular flexibility index (Phi) is 18.1. The maximum atomic E-state index is 11.1. The van der Waals surface area contributed by atoms with Crippen LogP contribution in [0.1, 0.15) is 103 Å². The second-order valence-corrected chi connectivity index (χ2v) is 9.82. The third kappa shape index (κ3) is 9.10. The zero-order chi connectivity index (χ0) is 31.7. The largest absolute Gasteiger partial charge is 0.398 e. The molecule has 2 saturated carbocycles. The summed E-state index contributed by atoms with van der Waals surface area (Å²) in [5.41, 5.74) is 27.4. The number of nitrogens with two attached hydrogens (primary N) is 4. The molecule has 2 aromatic carbocycles. The van der Waals surface area contributed by atoms with Crippen LogP contribution in [0.3, 0.4) is 0 Å².